The Morgan fingerprint density at radius 1 is 1.67 bits per heavy atom. The van der Waals surface area contributed by atoms with Gasteiger partial charge in [-0.25, -0.2) is 4.39 Å². The van der Waals surface area contributed by atoms with Crippen molar-refractivity contribution < 1.29 is 9.50 Å². The van der Waals surface area contributed by atoms with E-state index in [1.54, 1.807) is 12.2 Å². The summed E-state index contributed by atoms with van der Waals surface area (Å²) < 4.78 is 12.5. The maximum atomic E-state index is 12.5. The smallest absolute Gasteiger partial charge is 0.122 e. The lowest BCUT2D eigenvalue weighted by atomic mass is 10.1. The molecule has 0 saturated carbocycles. The van der Waals surface area contributed by atoms with Crippen LogP contribution < -0.4 is 0 Å². The van der Waals surface area contributed by atoms with Crippen molar-refractivity contribution in [3.63, 3.8) is 0 Å². The molecule has 0 fully saturated rings. The highest BCUT2D eigenvalue weighted by atomic mass is 19.1. The van der Waals surface area contributed by atoms with E-state index in [1.165, 1.54) is 6.08 Å². The summed E-state index contributed by atoms with van der Waals surface area (Å²) in [6.45, 7) is 0.0791. The highest BCUT2D eigenvalue weighted by molar-refractivity contribution is 5.40. The van der Waals surface area contributed by atoms with Crippen LogP contribution in [-0.4, -0.2) is 17.9 Å². The van der Waals surface area contributed by atoms with Gasteiger partial charge in [0.1, 0.15) is 6.17 Å². The monoisotopic (exact) mass is 166 g/mol. The molecular weight excluding hydrogens is 155 g/mol. The van der Waals surface area contributed by atoms with Crippen LogP contribution in [0.2, 0.25) is 0 Å². The molecular formula is C10H11FO. The lowest BCUT2D eigenvalue weighted by molar-refractivity contribution is 0.305. The molecule has 1 rings (SSSR count). The van der Waals surface area contributed by atoms with Crippen molar-refractivity contribution >= 4 is 0 Å². The zero-order chi connectivity index (χ0) is 8.81. The number of alkyl halides is 1. The van der Waals surface area contributed by atoms with E-state index in [0.717, 1.165) is 5.57 Å². The quantitative estimate of drug-likeness (QED) is 0.586. The Morgan fingerprint density at radius 2 is 2.50 bits per heavy atom. The van der Waals surface area contributed by atoms with Crippen LogP contribution >= 0.6 is 0 Å². The van der Waals surface area contributed by atoms with E-state index in [-0.39, 0.29) is 6.61 Å². The number of aliphatic hydroxyl groups is 1. The molecule has 64 valence electrons. The number of aliphatic hydroxyl groups excluding tert-OH is 1. The molecule has 0 radical (unpaired) electrons. The summed E-state index contributed by atoms with van der Waals surface area (Å²) in [4.78, 5) is 0. The van der Waals surface area contributed by atoms with Crippen LogP contribution in [0.1, 0.15) is 12.8 Å². The third kappa shape index (κ3) is 2.89. The van der Waals surface area contributed by atoms with Crippen LogP contribution in [0.25, 0.3) is 0 Å². The van der Waals surface area contributed by atoms with Gasteiger partial charge in [0, 0.05) is 18.4 Å². The predicted octanol–water partition coefficient (Wildman–Crippen LogP) is 1.60. The second-order valence-electron chi connectivity index (χ2n) is 2.55. The lowest BCUT2D eigenvalue weighted by Crippen LogP contribution is -1.97. The van der Waals surface area contributed by atoms with Gasteiger partial charge in [-0.1, -0.05) is 17.9 Å². The largest absolute Gasteiger partial charge is 0.395 e. The van der Waals surface area contributed by atoms with Gasteiger partial charge >= 0.3 is 0 Å². The summed E-state index contributed by atoms with van der Waals surface area (Å²) in [5.41, 5.74) is 0.845. The van der Waals surface area contributed by atoms with Crippen molar-refractivity contribution in [3.8, 4) is 11.8 Å². The molecule has 2 heteroatoms. The molecule has 0 aliphatic heterocycles. The fourth-order valence-corrected chi connectivity index (χ4v) is 0.907. The van der Waals surface area contributed by atoms with Crippen molar-refractivity contribution in [1.82, 2.24) is 0 Å². The Bertz CT molecular complexity index is 255. The zero-order valence-electron chi connectivity index (χ0n) is 6.76. The minimum Gasteiger partial charge on any atom is -0.395 e. The number of hydrogen-bond donors (Lipinski definition) is 1. The third-order valence-electron chi connectivity index (χ3n) is 1.52. The summed E-state index contributed by atoms with van der Waals surface area (Å²) in [6.07, 6.45) is 4.99. The highest BCUT2D eigenvalue weighted by Crippen LogP contribution is 2.11. The Balaban J connectivity index is 2.46. The minimum absolute atomic E-state index is 0.0791. The van der Waals surface area contributed by atoms with Crippen LogP contribution in [-0.2, 0) is 0 Å². The van der Waals surface area contributed by atoms with Gasteiger partial charge in [-0.05, 0) is 12.2 Å². The van der Waals surface area contributed by atoms with Crippen LogP contribution in [0, 0.1) is 11.8 Å². The molecule has 0 amide bonds. The fourth-order valence-electron chi connectivity index (χ4n) is 0.907. The number of allylic oxidation sites excluding steroid dienone is 4. The maximum absolute atomic E-state index is 12.5. The predicted molar refractivity (Wildman–Crippen MR) is 46.2 cm³/mol. The summed E-state index contributed by atoms with van der Waals surface area (Å²) in [5.74, 6) is 5.62. The molecule has 0 aromatic carbocycles. The van der Waals surface area contributed by atoms with Crippen LogP contribution in [0.15, 0.2) is 23.8 Å². The van der Waals surface area contributed by atoms with Crippen LogP contribution in [0.3, 0.4) is 0 Å². The van der Waals surface area contributed by atoms with Gasteiger partial charge in [-0.3, -0.25) is 0 Å². The standard InChI is InChI=1S/C10H11FO/c11-10-6-4-9(5-7-10)3-1-2-8-12/h4-6,10,12H,2,7-8H2. The number of halogens is 1. The van der Waals surface area contributed by atoms with E-state index < -0.39 is 6.17 Å². The van der Waals surface area contributed by atoms with Gasteiger partial charge in [0.2, 0.25) is 0 Å². The van der Waals surface area contributed by atoms with E-state index in [1.807, 2.05) is 0 Å². The summed E-state index contributed by atoms with van der Waals surface area (Å²) in [6, 6.07) is 0. The summed E-state index contributed by atoms with van der Waals surface area (Å²) >= 11 is 0. The normalized spacial score (nSPS) is 21.2. The molecule has 1 atom stereocenters. The first-order chi connectivity index (χ1) is 5.83. The SMILES string of the molecule is OCCC#CC1=CCC(F)C=C1. The van der Waals surface area contributed by atoms with Crippen LogP contribution in [0.5, 0.6) is 0 Å². The van der Waals surface area contributed by atoms with Crippen molar-refractivity contribution in [1.29, 1.82) is 0 Å². The molecule has 1 unspecified atom stereocenters. The first-order valence-electron chi connectivity index (χ1n) is 3.95. The highest BCUT2D eigenvalue weighted by Gasteiger charge is 2.03. The van der Waals surface area contributed by atoms with Crippen LogP contribution in [0.4, 0.5) is 4.39 Å². The fraction of sp³-hybridized carbons (Fsp3) is 0.400. The van der Waals surface area contributed by atoms with E-state index >= 15 is 0 Å². The Morgan fingerprint density at radius 3 is 3.08 bits per heavy atom. The zero-order valence-corrected chi connectivity index (χ0v) is 6.76. The Labute approximate surface area is 71.6 Å². The second-order valence-corrected chi connectivity index (χ2v) is 2.55. The van der Waals surface area contributed by atoms with Gasteiger partial charge in [0.15, 0.2) is 0 Å². The second kappa shape index (κ2) is 4.74. The minimum atomic E-state index is -0.853. The summed E-state index contributed by atoms with van der Waals surface area (Å²) in [5, 5.41) is 8.44. The van der Waals surface area contributed by atoms with E-state index in [0.29, 0.717) is 12.8 Å². The maximum Gasteiger partial charge on any atom is 0.122 e. The Hall–Kier alpha value is -1.07. The molecule has 0 aromatic heterocycles. The van der Waals surface area contributed by atoms with E-state index in [9.17, 15) is 4.39 Å². The topological polar surface area (TPSA) is 20.2 Å². The van der Waals surface area contributed by atoms with Gasteiger partial charge in [-0.15, -0.1) is 0 Å². The average Bonchev–Trinajstić information content (AvgIpc) is 2.09. The molecule has 1 N–H and O–H groups in total. The van der Waals surface area contributed by atoms with Gasteiger partial charge in [-0.2, -0.15) is 0 Å². The van der Waals surface area contributed by atoms with Crippen molar-refractivity contribution in [3.05, 3.63) is 23.8 Å². The van der Waals surface area contributed by atoms with Gasteiger partial charge < -0.3 is 5.11 Å². The molecule has 0 heterocycles. The first-order valence-corrected chi connectivity index (χ1v) is 3.95. The Kier molecular flexibility index (Phi) is 3.56. The third-order valence-corrected chi connectivity index (χ3v) is 1.52. The molecule has 12 heavy (non-hydrogen) atoms. The lowest BCUT2D eigenvalue weighted by Gasteiger charge is -2.03. The molecule has 1 aliphatic rings. The summed E-state index contributed by atoms with van der Waals surface area (Å²) in [7, 11) is 0. The van der Waals surface area contributed by atoms with Crippen molar-refractivity contribution in [2.45, 2.75) is 19.0 Å². The first kappa shape index (κ1) is 9.02. The number of rotatable bonds is 1. The number of hydrogen-bond acceptors (Lipinski definition) is 1. The molecule has 0 bridgehead atoms. The molecule has 1 nitrogen and oxygen atoms in total. The molecule has 0 aromatic rings. The average molecular weight is 166 g/mol. The molecule has 1 aliphatic carbocycles. The van der Waals surface area contributed by atoms with Gasteiger partial charge in [0.05, 0.1) is 6.61 Å². The molecule has 0 saturated heterocycles. The van der Waals surface area contributed by atoms with Crippen molar-refractivity contribution in [2.24, 2.45) is 0 Å². The van der Waals surface area contributed by atoms with Crippen molar-refractivity contribution in [2.75, 3.05) is 6.61 Å². The van der Waals surface area contributed by atoms with E-state index in [4.69, 9.17) is 5.11 Å². The van der Waals surface area contributed by atoms with Gasteiger partial charge in [0.25, 0.3) is 0 Å². The molecule has 0 spiro atoms. The van der Waals surface area contributed by atoms with E-state index in [2.05, 4.69) is 11.8 Å².